The lowest BCUT2D eigenvalue weighted by molar-refractivity contribution is 0.574. The van der Waals surface area contributed by atoms with E-state index in [0.29, 0.717) is 9.50 Å². The van der Waals surface area contributed by atoms with Crippen molar-refractivity contribution in [3.8, 4) is 0 Å². The maximum absolute atomic E-state index is 13.4. The maximum atomic E-state index is 13.4. The maximum Gasteiger partial charge on any atom is 0.240 e. The van der Waals surface area contributed by atoms with E-state index in [4.69, 9.17) is 11.6 Å². The molecule has 0 fully saturated rings. The van der Waals surface area contributed by atoms with Crippen LogP contribution in [0.5, 0.6) is 0 Å². The fourth-order valence-electron chi connectivity index (χ4n) is 1.54. The number of hydrogen-bond acceptors (Lipinski definition) is 2. The molecular weight excluding hydrogens is 369 g/mol. The van der Waals surface area contributed by atoms with E-state index >= 15 is 0 Å². The van der Waals surface area contributed by atoms with Gasteiger partial charge in [0.2, 0.25) is 10.0 Å². The van der Waals surface area contributed by atoms with Gasteiger partial charge >= 0.3 is 0 Å². The van der Waals surface area contributed by atoms with Gasteiger partial charge < -0.3 is 0 Å². The Kier molecular flexibility index (Phi) is 4.80. The van der Waals surface area contributed by atoms with Gasteiger partial charge in [0, 0.05) is 16.6 Å². The molecule has 3 nitrogen and oxygen atoms in total. The van der Waals surface area contributed by atoms with Crippen molar-refractivity contribution in [2.24, 2.45) is 0 Å². The highest BCUT2D eigenvalue weighted by atomic mass is 79.9. The summed E-state index contributed by atoms with van der Waals surface area (Å²) in [5.74, 6) is -0.451. The largest absolute Gasteiger partial charge is 0.240 e. The van der Waals surface area contributed by atoms with Gasteiger partial charge in [0.1, 0.15) is 5.82 Å². The van der Waals surface area contributed by atoms with E-state index in [1.165, 1.54) is 30.3 Å². The van der Waals surface area contributed by atoms with Crippen LogP contribution in [0.2, 0.25) is 5.02 Å². The normalized spacial score (nSPS) is 11.6. The van der Waals surface area contributed by atoms with Crippen molar-refractivity contribution in [3.63, 3.8) is 0 Å². The molecule has 0 radical (unpaired) electrons. The Morgan fingerprint density at radius 3 is 2.55 bits per heavy atom. The number of halogens is 3. The molecule has 0 bridgehead atoms. The topological polar surface area (TPSA) is 46.2 Å². The Morgan fingerprint density at radius 1 is 1.20 bits per heavy atom. The zero-order valence-corrected chi connectivity index (χ0v) is 13.3. The Bertz CT molecular complexity index is 737. The molecule has 0 atom stereocenters. The first kappa shape index (κ1) is 15.4. The van der Waals surface area contributed by atoms with Gasteiger partial charge in [-0.3, -0.25) is 0 Å². The first-order valence-corrected chi connectivity index (χ1v) is 8.24. The van der Waals surface area contributed by atoms with Crippen LogP contribution < -0.4 is 4.72 Å². The summed E-state index contributed by atoms with van der Waals surface area (Å²) in [6, 6.07) is 10.2. The summed E-state index contributed by atoms with van der Waals surface area (Å²) in [5, 5.41) is 0.415. The van der Waals surface area contributed by atoms with Crippen LogP contribution in [0.25, 0.3) is 0 Å². The fourth-order valence-corrected chi connectivity index (χ4v) is 3.22. The molecule has 0 aliphatic heterocycles. The van der Waals surface area contributed by atoms with Crippen molar-refractivity contribution in [2.75, 3.05) is 0 Å². The molecule has 0 aliphatic rings. The van der Waals surface area contributed by atoms with Crippen molar-refractivity contribution in [3.05, 3.63) is 63.3 Å². The van der Waals surface area contributed by atoms with E-state index < -0.39 is 15.8 Å². The van der Waals surface area contributed by atoms with Gasteiger partial charge in [-0.25, -0.2) is 17.5 Å². The van der Waals surface area contributed by atoms with Crippen LogP contribution >= 0.6 is 27.5 Å². The van der Waals surface area contributed by atoms with E-state index in [1.807, 2.05) is 0 Å². The molecule has 0 aliphatic carbocycles. The standard InChI is InChI=1S/C13H10BrClFNO2S/c14-11-7-10(5-6-12(11)15)20(18,19)17-8-9-3-1-2-4-13(9)16/h1-7,17H,8H2. The summed E-state index contributed by atoms with van der Waals surface area (Å²) in [4.78, 5) is 0.0603. The lowest BCUT2D eigenvalue weighted by Crippen LogP contribution is -2.23. The fraction of sp³-hybridized carbons (Fsp3) is 0.0769. The third-order valence-electron chi connectivity index (χ3n) is 2.61. The third kappa shape index (κ3) is 3.58. The molecule has 1 N–H and O–H groups in total. The number of nitrogens with one attached hydrogen (secondary N) is 1. The first-order valence-electron chi connectivity index (χ1n) is 5.58. The molecule has 0 aromatic heterocycles. The second-order valence-corrected chi connectivity index (χ2v) is 7.02. The highest BCUT2D eigenvalue weighted by molar-refractivity contribution is 9.10. The smallest absolute Gasteiger partial charge is 0.207 e. The summed E-state index contributed by atoms with van der Waals surface area (Å²) in [6.45, 7) is -0.116. The Morgan fingerprint density at radius 2 is 1.90 bits per heavy atom. The van der Waals surface area contributed by atoms with E-state index in [0.717, 1.165) is 0 Å². The monoisotopic (exact) mass is 377 g/mol. The van der Waals surface area contributed by atoms with E-state index in [9.17, 15) is 12.8 Å². The predicted octanol–water partition coefficient (Wildman–Crippen LogP) is 3.72. The first-order chi connectivity index (χ1) is 9.40. The molecule has 2 aromatic rings. The van der Waals surface area contributed by atoms with Crippen molar-refractivity contribution in [1.82, 2.24) is 4.72 Å². The second kappa shape index (κ2) is 6.22. The average molecular weight is 379 g/mol. The Balaban J connectivity index is 2.19. The molecule has 0 saturated carbocycles. The van der Waals surface area contributed by atoms with Crippen molar-refractivity contribution in [1.29, 1.82) is 0 Å². The number of hydrogen-bond donors (Lipinski definition) is 1. The van der Waals surface area contributed by atoms with Gasteiger partial charge in [-0.1, -0.05) is 29.8 Å². The summed E-state index contributed by atoms with van der Waals surface area (Å²) in [7, 11) is -3.72. The highest BCUT2D eigenvalue weighted by Gasteiger charge is 2.15. The Hall–Kier alpha value is -0.950. The second-order valence-electron chi connectivity index (χ2n) is 3.99. The zero-order chi connectivity index (χ0) is 14.8. The molecule has 2 aromatic carbocycles. The van der Waals surface area contributed by atoms with Crippen LogP contribution in [-0.4, -0.2) is 8.42 Å². The van der Waals surface area contributed by atoms with Crippen molar-refractivity contribution < 1.29 is 12.8 Å². The number of rotatable bonds is 4. The summed E-state index contributed by atoms with van der Waals surface area (Å²) in [6.07, 6.45) is 0. The lowest BCUT2D eigenvalue weighted by atomic mass is 10.2. The minimum Gasteiger partial charge on any atom is -0.207 e. The van der Waals surface area contributed by atoms with Crippen LogP contribution in [0.1, 0.15) is 5.56 Å². The minimum atomic E-state index is -3.72. The van der Waals surface area contributed by atoms with Gasteiger partial charge in [0.25, 0.3) is 0 Å². The molecule has 0 saturated heterocycles. The van der Waals surface area contributed by atoms with Crippen LogP contribution in [-0.2, 0) is 16.6 Å². The van der Waals surface area contributed by atoms with Gasteiger partial charge in [-0.15, -0.1) is 0 Å². The zero-order valence-electron chi connectivity index (χ0n) is 10.1. The molecule has 20 heavy (non-hydrogen) atoms. The van der Waals surface area contributed by atoms with Gasteiger partial charge in [0.05, 0.1) is 9.92 Å². The van der Waals surface area contributed by atoms with Crippen LogP contribution in [0.3, 0.4) is 0 Å². The van der Waals surface area contributed by atoms with Gasteiger partial charge in [0.15, 0.2) is 0 Å². The molecule has 7 heteroatoms. The summed E-state index contributed by atoms with van der Waals surface area (Å²) >= 11 is 8.97. The molecule has 0 unspecified atom stereocenters. The molecule has 106 valence electrons. The molecule has 0 spiro atoms. The van der Waals surface area contributed by atoms with E-state index in [2.05, 4.69) is 20.7 Å². The van der Waals surface area contributed by atoms with Crippen LogP contribution in [0.4, 0.5) is 4.39 Å². The molecule has 0 amide bonds. The van der Waals surface area contributed by atoms with Crippen LogP contribution in [0, 0.1) is 5.82 Å². The van der Waals surface area contributed by atoms with Gasteiger partial charge in [-0.2, -0.15) is 0 Å². The summed E-state index contributed by atoms with van der Waals surface area (Å²) in [5.41, 5.74) is 0.282. The van der Waals surface area contributed by atoms with Crippen LogP contribution in [0.15, 0.2) is 51.8 Å². The molecule has 0 heterocycles. The SMILES string of the molecule is O=S(=O)(NCc1ccccc1F)c1ccc(Cl)c(Br)c1. The average Bonchev–Trinajstić information content (AvgIpc) is 2.41. The number of sulfonamides is 1. The van der Waals surface area contributed by atoms with Gasteiger partial charge in [-0.05, 0) is 40.2 Å². The third-order valence-corrected chi connectivity index (χ3v) is 5.22. The van der Waals surface area contributed by atoms with Crippen molar-refractivity contribution in [2.45, 2.75) is 11.4 Å². The quantitative estimate of drug-likeness (QED) is 0.881. The summed E-state index contributed by atoms with van der Waals surface area (Å²) < 4.78 is 40.4. The molecular formula is C13H10BrClFNO2S. The number of benzene rings is 2. The predicted molar refractivity (Wildman–Crippen MR) is 79.6 cm³/mol. The van der Waals surface area contributed by atoms with E-state index in [-0.39, 0.29) is 17.0 Å². The molecule has 2 rings (SSSR count). The lowest BCUT2D eigenvalue weighted by Gasteiger charge is -2.08. The minimum absolute atomic E-state index is 0.0603. The van der Waals surface area contributed by atoms with Crippen molar-refractivity contribution >= 4 is 37.6 Å². The highest BCUT2D eigenvalue weighted by Crippen LogP contribution is 2.25. The Labute approximate surface area is 130 Å². The van der Waals surface area contributed by atoms with E-state index in [1.54, 1.807) is 12.1 Å².